The molecule has 5 nitrogen and oxygen atoms in total. The first-order chi connectivity index (χ1) is 10.6. The second-order valence-electron chi connectivity index (χ2n) is 4.57. The first kappa shape index (κ1) is 17.1. The van der Waals surface area contributed by atoms with Crippen molar-refractivity contribution in [3.05, 3.63) is 41.5 Å². The summed E-state index contributed by atoms with van der Waals surface area (Å²) < 4.78 is 68.6. The molecular formula is C14H11F3O5S. The van der Waals surface area contributed by atoms with Gasteiger partial charge >= 0.3 is 21.6 Å². The van der Waals surface area contributed by atoms with Crippen LogP contribution >= 0.6 is 0 Å². The summed E-state index contributed by atoms with van der Waals surface area (Å²) >= 11 is 0. The van der Waals surface area contributed by atoms with Crippen molar-refractivity contribution in [1.82, 2.24) is 0 Å². The van der Waals surface area contributed by atoms with Gasteiger partial charge in [0.1, 0.15) is 5.75 Å². The van der Waals surface area contributed by atoms with Gasteiger partial charge in [-0.05, 0) is 23.8 Å². The molecule has 0 fully saturated rings. The van der Waals surface area contributed by atoms with Gasteiger partial charge in [0.2, 0.25) is 0 Å². The molecule has 0 unspecified atom stereocenters. The van der Waals surface area contributed by atoms with Crippen LogP contribution in [0.2, 0.25) is 0 Å². The molecule has 0 amide bonds. The fourth-order valence-corrected chi connectivity index (χ4v) is 2.53. The van der Waals surface area contributed by atoms with E-state index >= 15 is 0 Å². The monoisotopic (exact) mass is 348 g/mol. The Balaban J connectivity index is 2.71. The molecule has 2 aromatic carbocycles. The minimum Gasteiger partial charge on any atom is -0.465 e. The summed E-state index contributed by atoms with van der Waals surface area (Å²) in [7, 11) is -4.74. The molecule has 0 aromatic heterocycles. The average Bonchev–Trinajstić information content (AvgIpc) is 2.48. The lowest BCUT2D eigenvalue weighted by Gasteiger charge is -2.15. The van der Waals surface area contributed by atoms with Crippen LogP contribution in [0.4, 0.5) is 13.2 Å². The van der Waals surface area contributed by atoms with Crippen molar-refractivity contribution in [2.45, 2.75) is 12.4 Å². The zero-order valence-corrected chi connectivity index (χ0v) is 12.8. The number of aryl methyl sites for hydroxylation is 1. The normalized spacial score (nSPS) is 12.2. The number of hydrogen-bond acceptors (Lipinski definition) is 5. The molecule has 124 valence electrons. The van der Waals surface area contributed by atoms with Gasteiger partial charge in [-0.3, -0.25) is 0 Å². The van der Waals surface area contributed by atoms with Crippen LogP contribution in [0.25, 0.3) is 10.8 Å². The summed E-state index contributed by atoms with van der Waals surface area (Å²) in [5.41, 5.74) is -5.52. The molecule has 0 radical (unpaired) electrons. The summed E-state index contributed by atoms with van der Waals surface area (Å²) in [5.74, 6) is -1.41. The van der Waals surface area contributed by atoms with Gasteiger partial charge in [-0.1, -0.05) is 24.3 Å². The number of rotatable bonds is 3. The number of methoxy groups -OCH3 is 1. The third-order valence-corrected chi connectivity index (χ3v) is 4.12. The highest BCUT2D eigenvalue weighted by Gasteiger charge is 2.48. The topological polar surface area (TPSA) is 69.7 Å². The number of hydrogen-bond donors (Lipinski definition) is 0. The molecule has 23 heavy (non-hydrogen) atoms. The number of esters is 1. The van der Waals surface area contributed by atoms with Gasteiger partial charge in [0, 0.05) is 5.56 Å². The number of ether oxygens (including phenoxy) is 1. The summed E-state index contributed by atoms with van der Waals surface area (Å²) in [6, 6.07) is 7.24. The summed E-state index contributed by atoms with van der Waals surface area (Å²) in [5, 5.41) is 0.788. The van der Waals surface area contributed by atoms with E-state index in [4.69, 9.17) is 0 Å². The van der Waals surface area contributed by atoms with Crippen molar-refractivity contribution in [3.8, 4) is 5.75 Å². The van der Waals surface area contributed by atoms with Crippen LogP contribution < -0.4 is 4.18 Å². The Morgan fingerprint density at radius 2 is 1.70 bits per heavy atom. The molecule has 0 atom stereocenters. The maximum Gasteiger partial charge on any atom is 0.534 e. The van der Waals surface area contributed by atoms with Crippen LogP contribution in [0.5, 0.6) is 5.75 Å². The Morgan fingerprint density at radius 3 is 2.22 bits per heavy atom. The Kier molecular flexibility index (Phi) is 4.25. The standard InChI is InChI=1S/C14H11F3O5S/c1-8-9-5-3-4-6-10(9)11(13(18)21-2)7-12(8)22-23(19,20)14(15,16)17/h3-7H,1-2H3. The Labute approximate surface area is 129 Å². The average molecular weight is 348 g/mol. The number of benzene rings is 2. The first-order valence-electron chi connectivity index (χ1n) is 6.20. The zero-order chi connectivity index (χ0) is 17.4. The molecule has 0 aliphatic heterocycles. The summed E-state index contributed by atoms with van der Waals surface area (Å²) in [4.78, 5) is 11.8. The van der Waals surface area contributed by atoms with Crippen LogP contribution in [0.3, 0.4) is 0 Å². The van der Waals surface area contributed by atoms with E-state index in [1.807, 2.05) is 0 Å². The Bertz CT molecular complexity index is 872. The van der Waals surface area contributed by atoms with E-state index in [1.54, 1.807) is 18.2 Å². The lowest BCUT2D eigenvalue weighted by molar-refractivity contribution is -0.0500. The molecule has 0 saturated heterocycles. The molecule has 2 rings (SSSR count). The Hall–Kier alpha value is -2.29. The highest BCUT2D eigenvalue weighted by atomic mass is 32.2. The molecule has 0 aliphatic carbocycles. The maximum atomic E-state index is 12.5. The van der Waals surface area contributed by atoms with Gasteiger partial charge in [-0.15, -0.1) is 0 Å². The van der Waals surface area contributed by atoms with Crippen LogP contribution in [0.15, 0.2) is 30.3 Å². The fraction of sp³-hybridized carbons (Fsp3) is 0.214. The van der Waals surface area contributed by atoms with E-state index in [9.17, 15) is 26.4 Å². The van der Waals surface area contributed by atoms with Gasteiger partial charge in [0.25, 0.3) is 0 Å². The van der Waals surface area contributed by atoms with E-state index in [1.165, 1.54) is 13.0 Å². The van der Waals surface area contributed by atoms with E-state index in [-0.39, 0.29) is 11.1 Å². The molecule has 0 aliphatic rings. The van der Waals surface area contributed by atoms with Crippen LogP contribution in [0, 0.1) is 6.92 Å². The highest BCUT2D eigenvalue weighted by Crippen LogP contribution is 2.34. The van der Waals surface area contributed by atoms with Gasteiger partial charge < -0.3 is 8.92 Å². The van der Waals surface area contributed by atoms with Crippen molar-refractivity contribution in [2.24, 2.45) is 0 Å². The first-order valence-corrected chi connectivity index (χ1v) is 7.60. The smallest absolute Gasteiger partial charge is 0.465 e. The third kappa shape index (κ3) is 3.09. The van der Waals surface area contributed by atoms with Gasteiger partial charge in [-0.25, -0.2) is 4.79 Å². The minimum absolute atomic E-state index is 0.0962. The number of fused-ring (bicyclic) bond motifs is 1. The zero-order valence-electron chi connectivity index (χ0n) is 12.0. The van der Waals surface area contributed by atoms with E-state index in [0.29, 0.717) is 10.8 Å². The van der Waals surface area contributed by atoms with Crippen molar-refractivity contribution in [2.75, 3.05) is 7.11 Å². The van der Waals surface area contributed by atoms with E-state index in [0.717, 1.165) is 13.2 Å². The molecule has 0 spiro atoms. The summed E-state index contributed by atoms with van der Waals surface area (Å²) in [6.45, 7) is 1.39. The number of carbonyl (C=O) groups excluding carboxylic acids is 1. The second-order valence-corrected chi connectivity index (χ2v) is 6.11. The van der Waals surface area contributed by atoms with E-state index < -0.39 is 27.3 Å². The van der Waals surface area contributed by atoms with E-state index in [2.05, 4.69) is 8.92 Å². The van der Waals surface area contributed by atoms with Gasteiger partial charge in [0.05, 0.1) is 12.7 Å². The predicted molar refractivity (Wildman–Crippen MR) is 75.6 cm³/mol. The maximum absolute atomic E-state index is 12.5. The largest absolute Gasteiger partial charge is 0.534 e. The molecule has 0 saturated carbocycles. The fourth-order valence-electron chi connectivity index (χ4n) is 2.03. The second kappa shape index (κ2) is 5.73. The lowest BCUT2D eigenvalue weighted by Crippen LogP contribution is -2.28. The highest BCUT2D eigenvalue weighted by molar-refractivity contribution is 7.88. The number of alkyl halides is 3. The van der Waals surface area contributed by atoms with Crippen molar-refractivity contribution < 1.29 is 35.3 Å². The third-order valence-electron chi connectivity index (χ3n) is 3.15. The molecule has 0 heterocycles. The SMILES string of the molecule is COC(=O)c1cc(OS(=O)(=O)C(F)(F)F)c(C)c2ccccc12. The molecule has 0 bridgehead atoms. The number of halogens is 3. The molecule has 0 N–H and O–H groups in total. The summed E-state index contributed by atoms with van der Waals surface area (Å²) in [6.07, 6.45) is 0. The molecule has 9 heteroatoms. The van der Waals surface area contributed by atoms with Crippen molar-refractivity contribution in [3.63, 3.8) is 0 Å². The van der Waals surface area contributed by atoms with Crippen LogP contribution in [-0.4, -0.2) is 27.0 Å². The lowest BCUT2D eigenvalue weighted by atomic mass is 9.99. The van der Waals surface area contributed by atoms with Gasteiger partial charge in [-0.2, -0.15) is 21.6 Å². The van der Waals surface area contributed by atoms with Crippen molar-refractivity contribution in [1.29, 1.82) is 0 Å². The molecular weight excluding hydrogens is 337 g/mol. The minimum atomic E-state index is -5.84. The van der Waals surface area contributed by atoms with Gasteiger partial charge in [0.15, 0.2) is 0 Å². The predicted octanol–water partition coefficient (Wildman–Crippen LogP) is 3.16. The number of carbonyl (C=O) groups is 1. The van der Waals surface area contributed by atoms with Crippen molar-refractivity contribution >= 4 is 26.9 Å². The Morgan fingerprint density at radius 1 is 1.13 bits per heavy atom. The quantitative estimate of drug-likeness (QED) is 0.484. The van der Waals surface area contributed by atoms with Crippen LogP contribution in [-0.2, 0) is 14.9 Å². The van der Waals surface area contributed by atoms with Crippen LogP contribution in [0.1, 0.15) is 15.9 Å². The molecule has 2 aromatic rings.